The Morgan fingerprint density at radius 3 is 2.63 bits per heavy atom. The van der Waals surface area contributed by atoms with Gasteiger partial charge in [-0.05, 0) is 30.5 Å². The first-order valence-electron chi connectivity index (χ1n) is 9.37. The highest BCUT2D eigenvalue weighted by Gasteiger charge is 2.37. The number of amides is 1. The number of aromatic nitrogens is 2. The fourth-order valence-corrected chi connectivity index (χ4v) is 6.12. The maximum atomic E-state index is 13.8. The number of carbonyl (C=O) groups excluding carboxylic acids is 1. The molecule has 1 amide bonds. The van der Waals surface area contributed by atoms with Crippen LogP contribution in [0.3, 0.4) is 0 Å². The molecule has 1 N–H and O–H groups in total. The summed E-state index contributed by atoms with van der Waals surface area (Å²) in [5.41, 5.74) is 0.762. The summed E-state index contributed by atoms with van der Waals surface area (Å²) in [6.07, 6.45) is 1.31. The summed E-state index contributed by atoms with van der Waals surface area (Å²) in [5.74, 6) is -1.23. The predicted molar refractivity (Wildman–Crippen MR) is 112 cm³/mol. The summed E-state index contributed by atoms with van der Waals surface area (Å²) >= 11 is 1.03. The first-order valence-corrected chi connectivity index (χ1v) is 11.8. The highest BCUT2D eigenvalue weighted by Crippen LogP contribution is 2.36. The van der Waals surface area contributed by atoms with Gasteiger partial charge in [0, 0.05) is 6.54 Å². The zero-order chi connectivity index (χ0) is 21.1. The molecule has 2 aromatic carbocycles. The summed E-state index contributed by atoms with van der Waals surface area (Å²) < 4.78 is 41.1. The molecule has 0 spiro atoms. The van der Waals surface area contributed by atoms with Gasteiger partial charge in [-0.15, -0.1) is 10.2 Å². The van der Waals surface area contributed by atoms with E-state index in [9.17, 15) is 17.6 Å². The molecule has 0 bridgehead atoms. The second kappa shape index (κ2) is 8.58. The lowest BCUT2D eigenvalue weighted by molar-refractivity contribution is 0.102. The zero-order valence-electron chi connectivity index (χ0n) is 15.9. The Morgan fingerprint density at radius 2 is 1.87 bits per heavy atom. The van der Waals surface area contributed by atoms with Gasteiger partial charge in [0.2, 0.25) is 15.0 Å². The number of nitrogens with zero attached hydrogens (tertiary/aromatic N) is 3. The second-order valence-corrected chi connectivity index (χ2v) is 9.82. The number of halogens is 1. The van der Waals surface area contributed by atoms with E-state index in [4.69, 9.17) is 0 Å². The quantitative estimate of drug-likeness (QED) is 0.625. The van der Waals surface area contributed by atoms with Gasteiger partial charge < -0.3 is 5.32 Å². The average molecular weight is 447 g/mol. The van der Waals surface area contributed by atoms with Crippen molar-refractivity contribution in [3.05, 3.63) is 76.0 Å². The first-order chi connectivity index (χ1) is 14.4. The molecule has 0 saturated carbocycles. The van der Waals surface area contributed by atoms with Crippen LogP contribution in [-0.4, -0.2) is 35.4 Å². The number of para-hydroxylation sites is 1. The number of benzene rings is 2. The minimum absolute atomic E-state index is 0.0483. The molecule has 156 valence electrons. The molecule has 4 rings (SSSR count). The molecule has 1 fully saturated rings. The molecular formula is C20H19FN4O3S2. The minimum Gasteiger partial charge on any atom is -0.317 e. The monoisotopic (exact) mass is 446 g/mol. The van der Waals surface area contributed by atoms with Crippen molar-refractivity contribution < 1.29 is 17.6 Å². The summed E-state index contributed by atoms with van der Waals surface area (Å²) in [5, 5.41) is 10.9. The van der Waals surface area contributed by atoms with Crippen LogP contribution in [0.5, 0.6) is 0 Å². The maximum Gasteiger partial charge on any atom is 0.286 e. The van der Waals surface area contributed by atoms with Gasteiger partial charge in [-0.1, -0.05) is 53.8 Å². The Bertz CT molecular complexity index is 1150. The molecule has 1 aliphatic heterocycles. The van der Waals surface area contributed by atoms with E-state index in [0.29, 0.717) is 30.0 Å². The van der Waals surface area contributed by atoms with Crippen molar-refractivity contribution >= 4 is 33.0 Å². The van der Waals surface area contributed by atoms with E-state index in [0.717, 1.165) is 11.3 Å². The van der Waals surface area contributed by atoms with Gasteiger partial charge in [-0.3, -0.25) is 4.79 Å². The van der Waals surface area contributed by atoms with Crippen LogP contribution < -0.4 is 5.32 Å². The van der Waals surface area contributed by atoms with Crippen LogP contribution in [0, 0.1) is 5.82 Å². The van der Waals surface area contributed by atoms with Crippen LogP contribution >= 0.6 is 11.3 Å². The smallest absolute Gasteiger partial charge is 0.286 e. The van der Waals surface area contributed by atoms with E-state index in [2.05, 4.69) is 15.5 Å². The molecule has 30 heavy (non-hydrogen) atoms. The Hall–Kier alpha value is -2.69. The van der Waals surface area contributed by atoms with Crippen LogP contribution in [0.15, 0.2) is 54.6 Å². The van der Waals surface area contributed by atoms with Crippen molar-refractivity contribution in [3.8, 4) is 0 Å². The van der Waals surface area contributed by atoms with Crippen LogP contribution in [0.4, 0.5) is 10.1 Å². The molecule has 1 aliphatic rings. The maximum absolute atomic E-state index is 13.8. The summed E-state index contributed by atoms with van der Waals surface area (Å²) in [6.45, 7) is 0.399. The Kier molecular flexibility index (Phi) is 5.89. The van der Waals surface area contributed by atoms with E-state index in [1.165, 1.54) is 22.5 Å². The average Bonchev–Trinajstić information content (AvgIpc) is 3.40. The lowest BCUT2D eigenvalue weighted by Gasteiger charge is -2.22. The van der Waals surface area contributed by atoms with Gasteiger partial charge in [-0.2, -0.15) is 4.31 Å². The Balaban J connectivity index is 1.51. The van der Waals surface area contributed by atoms with E-state index in [1.807, 2.05) is 6.07 Å². The molecule has 0 unspecified atom stereocenters. The van der Waals surface area contributed by atoms with E-state index < -0.39 is 27.8 Å². The summed E-state index contributed by atoms with van der Waals surface area (Å²) in [7, 11) is -3.55. The standard InChI is InChI=1S/C20H19FN4O3S2/c21-15-9-4-5-10-16(15)22-18(26)20-24-23-19(29-20)17-11-6-12-25(17)30(27,28)13-14-7-2-1-3-8-14/h1-5,7-10,17H,6,11-13H2,(H,22,26)/t17-/m0/s1. The van der Waals surface area contributed by atoms with E-state index >= 15 is 0 Å². The molecular weight excluding hydrogens is 427 g/mol. The number of sulfonamides is 1. The molecule has 0 aliphatic carbocycles. The number of carbonyl (C=O) groups is 1. The van der Waals surface area contributed by atoms with Gasteiger partial charge >= 0.3 is 0 Å². The van der Waals surface area contributed by atoms with Crippen molar-refractivity contribution in [1.82, 2.24) is 14.5 Å². The van der Waals surface area contributed by atoms with E-state index in [-0.39, 0.29) is 16.4 Å². The number of anilines is 1. The SMILES string of the molecule is O=C(Nc1ccccc1F)c1nnc([C@@H]2CCCN2S(=O)(=O)Cc2ccccc2)s1. The number of rotatable bonds is 6. The fourth-order valence-electron chi connectivity index (χ4n) is 3.39. The fraction of sp³-hybridized carbons (Fsp3) is 0.250. The normalized spacial score (nSPS) is 17.2. The van der Waals surface area contributed by atoms with Crippen molar-refractivity contribution in [1.29, 1.82) is 0 Å². The molecule has 7 nitrogen and oxygen atoms in total. The number of hydrogen-bond donors (Lipinski definition) is 1. The topological polar surface area (TPSA) is 92.3 Å². The predicted octanol–water partition coefficient (Wildman–Crippen LogP) is 3.60. The summed E-state index contributed by atoms with van der Waals surface area (Å²) in [6, 6.07) is 14.4. The molecule has 1 aromatic heterocycles. The molecule has 1 atom stereocenters. The molecule has 0 radical (unpaired) electrons. The van der Waals surface area contributed by atoms with Gasteiger partial charge in [0.05, 0.1) is 17.5 Å². The Morgan fingerprint density at radius 1 is 1.13 bits per heavy atom. The third-order valence-corrected chi connectivity index (χ3v) is 7.67. The molecule has 2 heterocycles. The van der Waals surface area contributed by atoms with Crippen molar-refractivity contribution in [2.75, 3.05) is 11.9 Å². The van der Waals surface area contributed by atoms with Crippen molar-refractivity contribution in [2.24, 2.45) is 0 Å². The molecule has 3 aromatic rings. The van der Waals surface area contributed by atoms with Crippen LogP contribution in [-0.2, 0) is 15.8 Å². The highest BCUT2D eigenvalue weighted by atomic mass is 32.2. The number of nitrogens with one attached hydrogen (secondary N) is 1. The highest BCUT2D eigenvalue weighted by molar-refractivity contribution is 7.88. The number of hydrogen-bond acceptors (Lipinski definition) is 6. The second-order valence-electron chi connectivity index (χ2n) is 6.89. The lowest BCUT2D eigenvalue weighted by atomic mass is 10.2. The lowest BCUT2D eigenvalue weighted by Crippen LogP contribution is -2.31. The van der Waals surface area contributed by atoms with Gasteiger partial charge in [0.25, 0.3) is 5.91 Å². The van der Waals surface area contributed by atoms with Crippen molar-refractivity contribution in [3.63, 3.8) is 0 Å². The summed E-state index contributed by atoms with van der Waals surface area (Å²) in [4.78, 5) is 12.4. The van der Waals surface area contributed by atoms with Crippen molar-refractivity contribution in [2.45, 2.75) is 24.6 Å². The largest absolute Gasteiger partial charge is 0.317 e. The van der Waals surface area contributed by atoms with Crippen LogP contribution in [0.2, 0.25) is 0 Å². The van der Waals surface area contributed by atoms with Crippen LogP contribution in [0.1, 0.15) is 39.3 Å². The van der Waals surface area contributed by atoms with Gasteiger partial charge in [0.1, 0.15) is 10.8 Å². The molecule has 10 heteroatoms. The van der Waals surface area contributed by atoms with E-state index in [1.54, 1.807) is 30.3 Å². The molecule has 1 saturated heterocycles. The van der Waals surface area contributed by atoms with Crippen LogP contribution in [0.25, 0.3) is 0 Å². The first kappa shape index (κ1) is 20.6. The Labute approximate surface area is 177 Å². The van der Waals surface area contributed by atoms with Gasteiger partial charge in [0.15, 0.2) is 0 Å². The third kappa shape index (κ3) is 4.40. The minimum atomic E-state index is -3.55. The zero-order valence-corrected chi connectivity index (χ0v) is 17.5. The van der Waals surface area contributed by atoms with Gasteiger partial charge in [-0.25, -0.2) is 12.8 Å². The third-order valence-electron chi connectivity index (χ3n) is 4.79.